The van der Waals surface area contributed by atoms with E-state index in [1.54, 1.807) is 6.92 Å². The first-order valence-electron chi connectivity index (χ1n) is 10.2. The van der Waals surface area contributed by atoms with Crippen LogP contribution in [0.1, 0.15) is 26.2 Å². The van der Waals surface area contributed by atoms with Gasteiger partial charge in [0.25, 0.3) is 0 Å². The number of ether oxygens (including phenoxy) is 3. The molecule has 0 spiro atoms. The average Bonchev–Trinajstić information content (AvgIpc) is 3.41. The molecule has 1 saturated carbocycles. The Morgan fingerprint density at radius 3 is 2.57 bits per heavy atom. The van der Waals surface area contributed by atoms with E-state index in [1.807, 2.05) is 36.4 Å². The van der Waals surface area contributed by atoms with Gasteiger partial charge in [-0.15, -0.1) is 0 Å². The number of hydrogen-bond donors (Lipinski definition) is 1. The third kappa shape index (κ3) is 5.40. The van der Waals surface area contributed by atoms with Crippen LogP contribution in [0.3, 0.4) is 0 Å². The van der Waals surface area contributed by atoms with Crippen molar-refractivity contribution >= 4 is 5.69 Å². The van der Waals surface area contributed by atoms with Gasteiger partial charge in [-0.05, 0) is 68.5 Å². The lowest BCUT2D eigenvalue weighted by Gasteiger charge is -2.19. The molecular weight excluding hydrogens is 354 g/mol. The van der Waals surface area contributed by atoms with Gasteiger partial charge in [0.05, 0.1) is 25.4 Å². The van der Waals surface area contributed by atoms with E-state index in [1.165, 1.54) is 12.8 Å². The summed E-state index contributed by atoms with van der Waals surface area (Å²) in [7, 11) is 0. The molecule has 2 fully saturated rings. The van der Waals surface area contributed by atoms with E-state index in [-0.39, 0.29) is 6.10 Å². The molecule has 2 aromatic rings. The zero-order valence-electron chi connectivity index (χ0n) is 16.4. The minimum Gasteiger partial charge on any atom is -0.493 e. The molecule has 1 heterocycles. The molecule has 1 aliphatic carbocycles. The number of anilines is 1. The minimum absolute atomic E-state index is 0.184. The number of benzene rings is 2. The van der Waals surface area contributed by atoms with Crippen LogP contribution in [0.5, 0.6) is 17.2 Å². The van der Waals surface area contributed by atoms with Gasteiger partial charge in [-0.2, -0.15) is 0 Å². The van der Waals surface area contributed by atoms with E-state index in [4.69, 9.17) is 14.2 Å². The highest BCUT2D eigenvalue weighted by molar-refractivity contribution is 5.50. The van der Waals surface area contributed by atoms with Gasteiger partial charge in [0.1, 0.15) is 17.2 Å². The molecule has 1 saturated heterocycles. The number of nitrogens with zero attached hydrogens (tertiary/aromatic N) is 1. The van der Waals surface area contributed by atoms with Crippen LogP contribution in [0, 0.1) is 5.92 Å². The molecule has 0 amide bonds. The second-order valence-electron chi connectivity index (χ2n) is 7.86. The topological polar surface area (TPSA) is 51.2 Å². The predicted molar refractivity (Wildman–Crippen MR) is 109 cm³/mol. The minimum atomic E-state index is -0.414. The Labute approximate surface area is 166 Å². The summed E-state index contributed by atoms with van der Waals surface area (Å²) in [6.07, 6.45) is 3.32. The molecule has 2 aliphatic rings. The summed E-state index contributed by atoms with van der Waals surface area (Å²) < 4.78 is 17.6. The van der Waals surface area contributed by atoms with Crippen molar-refractivity contribution in [3.8, 4) is 17.2 Å². The molecule has 1 N–H and O–H groups in total. The van der Waals surface area contributed by atoms with Gasteiger partial charge in [-0.25, -0.2) is 0 Å². The fourth-order valence-electron chi connectivity index (χ4n) is 3.36. The predicted octanol–water partition coefficient (Wildman–Crippen LogP) is 4.24. The molecular formula is C23H29NO4. The van der Waals surface area contributed by atoms with Gasteiger partial charge in [0, 0.05) is 24.8 Å². The molecule has 28 heavy (non-hydrogen) atoms. The van der Waals surface area contributed by atoms with Crippen molar-refractivity contribution in [1.82, 2.24) is 0 Å². The maximum Gasteiger partial charge on any atom is 0.131 e. The highest BCUT2D eigenvalue weighted by Gasteiger charge is 2.24. The number of aliphatic hydroxyl groups is 1. The van der Waals surface area contributed by atoms with Crippen LogP contribution in [-0.2, 0) is 4.74 Å². The highest BCUT2D eigenvalue weighted by Crippen LogP contribution is 2.31. The third-order valence-corrected chi connectivity index (χ3v) is 5.14. The van der Waals surface area contributed by atoms with Gasteiger partial charge in [0.15, 0.2) is 0 Å². The third-order valence-electron chi connectivity index (χ3n) is 5.14. The molecule has 1 aliphatic heterocycles. The molecule has 5 nitrogen and oxygen atoms in total. The normalized spacial score (nSPS) is 20.2. The van der Waals surface area contributed by atoms with E-state index < -0.39 is 6.10 Å². The van der Waals surface area contributed by atoms with Crippen LogP contribution in [-0.4, -0.2) is 43.6 Å². The van der Waals surface area contributed by atoms with Crippen LogP contribution >= 0.6 is 0 Å². The average molecular weight is 383 g/mol. The van der Waals surface area contributed by atoms with E-state index in [0.717, 1.165) is 55.0 Å². The lowest BCUT2D eigenvalue weighted by molar-refractivity contribution is 0.00705. The van der Waals surface area contributed by atoms with E-state index in [2.05, 4.69) is 17.0 Å². The van der Waals surface area contributed by atoms with Crippen molar-refractivity contribution < 1.29 is 19.3 Å². The molecule has 0 radical (unpaired) electrons. The summed E-state index contributed by atoms with van der Waals surface area (Å²) in [6, 6.07) is 16.0. The van der Waals surface area contributed by atoms with Crippen LogP contribution in [0.2, 0.25) is 0 Å². The summed E-state index contributed by atoms with van der Waals surface area (Å²) in [6.45, 7) is 4.77. The van der Waals surface area contributed by atoms with Crippen molar-refractivity contribution in [3.05, 3.63) is 48.5 Å². The summed E-state index contributed by atoms with van der Waals surface area (Å²) in [4.78, 5) is 2.31. The SMILES string of the molecule is CC(O)CO[C@@H]1CCN(c2ccc(Oc3cccc(OCC4CC4)c3)cc2)C1. The van der Waals surface area contributed by atoms with Crippen molar-refractivity contribution in [2.24, 2.45) is 5.92 Å². The maximum absolute atomic E-state index is 9.36. The standard InChI is InChI=1S/C23H29NO4/c1-17(25)15-26-23-11-12-24(14-23)19-7-9-20(10-8-19)28-22-4-2-3-21(13-22)27-16-18-5-6-18/h2-4,7-10,13,17-18,23,25H,5-6,11-12,14-16H2,1H3/t17?,23-/m1/s1. The molecule has 150 valence electrons. The molecule has 2 aromatic carbocycles. The zero-order chi connectivity index (χ0) is 19.3. The van der Waals surface area contributed by atoms with Gasteiger partial charge in [-0.1, -0.05) is 6.07 Å². The van der Waals surface area contributed by atoms with Gasteiger partial charge >= 0.3 is 0 Å². The van der Waals surface area contributed by atoms with E-state index in [9.17, 15) is 5.11 Å². The Hall–Kier alpha value is -2.24. The maximum atomic E-state index is 9.36. The van der Waals surface area contributed by atoms with Gasteiger partial charge in [-0.3, -0.25) is 0 Å². The summed E-state index contributed by atoms with van der Waals surface area (Å²) in [5.74, 6) is 3.19. The molecule has 0 bridgehead atoms. The Morgan fingerprint density at radius 1 is 1.04 bits per heavy atom. The largest absolute Gasteiger partial charge is 0.493 e. The van der Waals surface area contributed by atoms with E-state index in [0.29, 0.717) is 6.61 Å². The lowest BCUT2D eigenvalue weighted by Crippen LogP contribution is -2.25. The number of hydrogen-bond acceptors (Lipinski definition) is 5. The smallest absolute Gasteiger partial charge is 0.131 e. The zero-order valence-corrected chi connectivity index (χ0v) is 16.4. The molecule has 2 atom stereocenters. The molecule has 0 aromatic heterocycles. The van der Waals surface area contributed by atoms with Crippen LogP contribution in [0.4, 0.5) is 5.69 Å². The van der Waals surface area contributed by atoms with Gasteiger partial charge in [0.2, 0.25) is 0 Å². The first kappa shape index (κ1) is 19.1. The molecule has 1 unspecified atom stereocenters. The summed E-state index contributed by atoms with van der Waals surface area (Å²) in [5.41, 5.74) is 1.16. The van der Waals surface area contributed by atoms with Gasteiger partial charge < -0.3 is 24.2 Å². The van der Waals surface area contributed by atoms with Crippen molar-refractivity contribution in [2.45, 2.75) is 38.4 Å². The number of aliphatic hydroxyl groups excluding tert-OH is 1. The number of rotatable bonds is 9. The van der Waals surface area contributed by atoms with Crippen molar-refractivity contribution in [1.29, 1.82) is 0 Å². The first-order chi connectivity index (χ1) is 13.7. The second kappa shape index (κ2) is 8.84. The van der Waals surface area contributed by atoms with Crippen LogP contribution < -0.4 is 14.4 Å². The monoisotopic (exact) mass is 383 g/mol. The van der Waals surface area contributed by atoms with Crippen molar-refractivity contribution in [3.63, 3.8) is 0 Å². The Bertz CT molecular complexity index is 757. The van der Waals surface area contributed by atoms with Crippen LogP contribution in [0.15, 0.2) is 48.5 Å². The highest BCUT2D eigenvalue weighted by atomic mass is 16.5. The van der Waals surface area contributed by atoms with Crippen molar-refractivity contribution in [2.75, 3.05) is 31.2 Å². The Kier molecular flexibility index (Phi) is 6.03. The second-order valence-corrected chi connectivity index (χ2v) is 7.86. The quantitative estimate of drug-likeness (QED) is 0.702. The Balaban J connectivity index is 1.30. The summed E-state index contributed by atoms with van der Waals surface area (Å²) in [5, 5.41) is 9.36. The Morgan fingerprint density at radius 2 is 1.82 bits per heavy atom. The molecule has 5 heteroatoms. The fraction of sp³-hybridized carbons (Fsp3) is 0.478. The molecule has 4 rings (SSSR count). The van der Waals surface area contributed by atoms with E-state index >= 15 is 0 Å². The summed E-state index contributed by atoms with van der Waals surface area (Å²) >= 11 is 0. The van der Waals surface area contributed by atoms with Crippen LogP contribution in [0.25, 0.3) is 0 Å². The fourth-order valence-corrected chi connectivity index (χ4v) is 3.36. The lowest BCUT2D eigenvalue weighted by atomic mass is 10.2. The first-order valence-corrected chi connectivity index (χ1v) is 10.2.